The zero-order chi connectivity index (χ0) is 10.6. The van der Waals surface area contributed by atoms with Gasteiger partial charge < -0.3 is 5.32 Å². The first-order valence-corrected chi connectivity index (χ1v) is 5.35. The summed E-state index contributed by atoms with van der Waals surface area (Å²) in [4.78, 5) is 0. The van der Waals surface area contributed by atoms with E-state index in [1.165, 1.54) is 6.42 Å². The summed E-state index contributed by atoms with van der Waals surface area (Å²) < 4.78 is 1.84. The Hall–Kier alpha value is -0.830. The van der Waals surface area contributed by atoms with Crippen molar-refractivity contribution in [2.24, 2.45) is 13.0 Å². The smallest absolute Gasteiger partial charge is 0.0762 e. The molecule has 0 bridgehead atoms. The van der Waals surface area contributed by atoms with Gasteiger partial charge in [0.1, 0.15) is 0 Å². The third-order valence-corrected chi connectivity index (χ3v) is 2.56. The molecule has 1 atom stereocenters. The molecule has 0 spiro atoms. The lowest BCUT2D eigenvalue weighted by molar-refractivity contribution is 0.385. The van der Waals surface area contributed by atoms with Gasteiger partial charge in [-0.3, -0.25) is 4.68 Å². The lowest BCUT2D eigenvalue weighted by atomic mass is 10.0. The van der Waals surface area contributed by atoms with E-state index in [9.17, 15) is 0 Å². The third-order valence-electron chi connectivity index (χ3n) is 2.56. The molecule has 0 amide bonds. The highest BCUT2D eigenvalue weighted by atomic mass is 15.3. The minimum atomic E-state index is 0.594. The van der Waals surface area contributed by atoms with Crippen LogP contribution in [0.4, 0.5) is 0 Å². The van der Waals surface area contributed by atoms with E-state index in [4.69, 9.17) is 0 Å². The molecule has 1 aromatic heterocycles. The zero-order valence-electron chi connectivity index (χ0n) is 9.62. The van der Waals surface area contributed by atoms with Gasteiger partial charge in [0.2, 0.25) is 0 Å². The van der Waals surface area contributed by atoms with Crippen molar-refractivity contribution in [2.75, 3.05) is 0 Å². The molecule has 0 fully saturated rings. The molecule has 80 valence electrons. The maximum absolute atomic E-state index is 4.33. The van der Waals surface area contributed by atoms with Gasteiger partial charge in [0.15, 0.2) is 0 Å². The van der Waals surface area contributed by atoms with Crippen molar-refractivity contribution >= 4 is 0 Å². The van der Waals surface area contributed by atoms with Crippen molar-refractivity contribution < 1.29 is 0 Å². The molecule has 0 aliphatic heterocycles. The predicted octanol–water partition coefficient (Wildman–Crippen LogP) is 1.94. The molecule has 0 aliphatic rings. The molecule has 0 aliphatic carbocycles. The Kier molecular flexibility index (Phi) is 4.14. The number of rotatable bonds is 5. The molecule has 1 rings (SSSR count). The normalized spacial score (nSPS) is 13.5. The van der Waals surface area contributed by atoms with Crippen LogP contribution in [0.2, 0.25) is 0 Å². The first-order valence-electron chi connectivity index (χ1n) is 5.35. The summed E-state index contributed by atoms with van der Waals surface area (Å²) in [5.41, 5.74) is 1.12. The molecule has 1 aromatic rings. The minimum Gasteiger partial charge on any atom is -0.308 e. The van der Waals surface area contributed by atoms with Crippen LogP contribution in [0.3, 0.4) is 0 Å². The summed E-state index contributed by atoms with van der Waals surface area (Å²) >= 11 is 0. The van der Waals surface area contributed by atoms with Crippen LogP contribution in [-0.4, -0.2) is 15.8 Å². The topological polar surface area (TPSA) is 29.9 Å². The second-order valence-corrected chi connectivity index (χ2v) is 4.12. The summed E-state index contributed by atoms with van der Waals surface area (Å²) in [6, 6.07) is 2.65. The number of hydrogen-bond donors (Lipinski definition) is 1. The van der Waals surface area contributed by atoms with E-state index in [2.05, 4.69) is 37.3 Å². The van der Waals surface area contributed by atoms with Crippen molar-refractivity contribution in [3.8, 4) is 0 Å². The number of aromatic nitrogens is 2. The second-order valence-electron chi connectivity index (χ2n) is 4.12. The molecule has 3 nitrogen and oxygen atoms in total. The van der Waals surface area contributed by atoms with Crippen molar-refractivity contribution in [1.82, 2.24) is 15.1 Å². The van der Waals surface area contributed by atoms with E-state index in [1.807, 2.05) is 17.9 Å². The van der Waals surface area contributed by atoms with Gasteiger partial charge in [0.25, 0.3) is 0 Å². The average Bonchev–Trinajstić information content (AvgIpc) is 2.52. The molecule has 1 unspecified atom stereocenters. The highest BCUT2D eigenvalue weighted by molar-refractivity contribution is 4.98. The lowest BCUT2D eigenvalue weighted by Gasteiger charge is -2.19. The molecule has 0 saturated carbocycles. The van der Waals surface area contributed by atoms with Crippen LogP contribution >= 0.6 is 0 Å². The Bertz CT molecular complexity index is 265. The van der Waals surface area contributed by atoms with E-state index >= 15 is 0 Å². The Morgan fingerprint density at radius 3 is 2.64 bits per heavy atom. The van der Waals surface area contributed by atoms with Crippen LogP contribution in [0.25, 0.3) is 0 Å². The van der Waals surface area contributed by atoms with Crippen LogP contribution in [0.15, 0.2) is 12.3 Å². The van der Waals surface area contributed by atoms with E-state index in [0.717, 1.165) is 12.2 Å². The van der Waals surface area contributed by atoms with Crippen molar-refractivity contribution in [3.05, 3.63) is 18.0 Å². The fourth-order valence-electron chi connectivity index (χ4n) is 1.64. The SMILES string of the molecule is CCC(NCc1ccn(C)n1)C(C)C. The summed E-state index contributed by atoms with van der Waals surface area (Å²) in [7, 11) is 1.95. The van der Waals surface area contributed by atoms with Gasteiger partial charge >= 0.3 is 0 Å². The number of nitrogens with one attached hydrogen (secondary N) is 1. The summed E-state index contributed by atoms with van der Waals surface area (Å²) in [6.45, 7) is 7.59. The summed E-state index contributed by atoms with van der Waals surface area (Å²) in [5, 5.41) is 7.85. The molecular weight excluding hydrogens is 174 g/mol. The van der Waals surface area contributed by atoms with Gasteiger partial charge in [0, 0.05) is 25.8 Å². The first kappa shape index (κ1) is 11.2. The molecule has 0 saturated heterocycles. The third kappa shape index (κ3) is 3.14. The summed E-state index contributed by atoms with van der Waals surface area (Å²) in [6.07, 6.45) is 3.15. The van der Waals surface area contributed by atoms with Crippen LogP contribution < -0.4 is 5.32 Å². The molecule has 0 radical (unpaired) electrons. The average molecular weight is 195 g/mol. The van der Waals surface area contributed by atoms with Gasteiger partial charge in [-0.1, -0.05) is 20.8 Å². The Morgan fingerprint density at radius 2 is 2.21 bits per heavy atom. The maximum atomic E-state index is 4.33. The van der Waals surface area contributed by atoms with Crippen molar-refractivity contribution in [3.63, 3.8) is 0 Å². The molecule has 3 heteroatoms. The highest BCUT2D eigenvalue weighted by Gasteiger charge is 2.10. The standard InChI is InChI=1S/C11H21N3/c1-5-11(9(2)3)12-8-10-6-7-14(4)13-10/h6-7,9,11-12H,5,8H2,1-4H3. The van der Waals surface area contributed by atoms with E-state index in [-0.39, 0.29) is 0 Å². The van der Waals surface area contributed by atoms with E-state index in [1.54, 1.807) is 0 Å². The Morgan fingerprint density at radius 1 is 1.50 bits per heavy atom. The summed E-state index contributed by atoms with van der Waals surface area (Å²) in [5.74, 6) is 0.684. The minimum absolute atomic E-state index is 0.594. The van der Waals surface area contributed by atoms with Gasteiger partial charge in [-0.2, -0.15) is 5.10 Å². The highest BCUT2D eigenvalue weighted by Crippen LogP contribution is 2.06. The largest absolute Gasteiger partial charge is 0.308 e. The van der Waals surface area contributed by atoms with Gasteiger partial charge in [-0.15, -0.1) is 0 Å². The lowest BCUT2D eigenvalue weighted by Crippen LogP contribution is -2.32. The molecule has 1 N–H and O–H groups in total. The van der Waals surface area contributed by atoms with Gasteiger partial charge in [0.05, 0.1) is 5.69 Å². The van der Waals surface area contributed by atoms with Crippen LogP contribution in [0.1, 0.15) is 32.9 Å². The van der Waals surface area contributed by atoms with Crippen molar-refractivity contribution in [1.29, 1.82) is 0 Å². The molecule has 0 aromatic carbocycles. The first-order chi connectivity index (χ1) is 6.63. The predicted molar refractivity (Wildman–Crippen MR) is 59.0 cm³/mol. The van der Waals surface area contributed by atoms with Gasteiger partial charge in [-0.25, -0.2) is 0 Å². The van der Waals surface area contributed by atoms with E-state index < -0.39 is 0 Å². The van der Waals surface area contributed by atoms with Crippen LogP contribution in [0, 0.1) is 5.92 Å². The second kappa shape index (κ2) is 5.15. The van der Waals surface area contributed by atoms with Crippen LogP contribution in [-0.2, 0) is 13.6 Å². The zero-order valence-corrected chi connectivity index (χ0v) is 9.62. The van der Waals surface area contributed by atoms with Crippen molar-refractivity contribution in [2.45, 2.75) is 39.8 Å². The number of aryl methyl sites for hydroxylation is 1. The molecule has 14 heavy (non-hydrogen) atoms. The molecule has 1 heterocycles. The molecular formula is C11H21N3. The number of hydrogen-bond acceptors (Lipinski definition) is 2. The quantitative estimate of drug-likeness (QED) is 0.778. The Labute approximate surface area is 86.5 Å². The maximum Gasteiger partial charge on any atom is 0.0762 e. The van der Waals surface area contributed by atoms with E-state index in [0.29, 0.717) is 12.0 Å². The van der Waals surface area contributed by atoms with Crippen LogP contribution in [0.5, 0.6) is 0 Å². The monoisotopic (exact) mass is 195 g/mol. The fraction of sp³-hybridized carbons (Fsp3) is 0.727. The number of nitrogens with zero attached hydrogens (tertiary/aromatic N) is 2. The Balaban J connectivity index is 2.39. The fourth-order valence-corrected chi connectivity index (χ4v) is 1.64. The van der Waals surface area contributed by atoms with Gasteiger partial charge in [-0.05, 0) is 18.4 Å².